The fourth-order valence-electron chi connectivity index (χ4n) is 3.31. The van der Waals surface area contributed by atoms with Crippen LogP contribution in [0.3, 0.4) is 0 Å². The lowest BCUT2D eigenvalue weighted by Gasteiger charge is -2.21. The molecule has 2 unspecified atom stereocenters. The number of carbonyl (C=O) groups is 1. The minimum atomic E-state index is -0.842. The third kappa shape index (κ3) is 3.74. The van der Waals surface area contributed by atoms with Gasteiger partial charge in [-0.25, -0.2) is 4.79 Å². The maximum atomic E-state index is 11.7. The van der Waals surface area contributed by atoms with Gasteiger partial charge in [-0.05, 0) is 54.1 Å². The lowest BCUT2D eigenvalue weighted by Crippen LogP contribution is -2.16. The van der Waals surface area contributed by atoms with Crippen molar-refractivity contribution in [2.45, 2.75) is 19.3 Å². The van der Waals surface area contributed by atoms with Gasteiger partial charge in [-0.15, -0.1) is 12.4 Å². The van der Waals surface area contributed by atoms with E-state index >= 15 is 0 Å². The fourth-order valence-corrected chi connectivity index (χ4v) is 3.31. The highest BCUT2D eigenvalue weighted by atomic mass is 35.5. The van der Waals surface area contributed by atoms with Crippen LogP contribution in [0.5, 0.6) is 0 Å². The SMILES string of the molecule is CC(c1ccc(-c2ccccc2)cc1C(=O)O)C1CCNC1.Cl. The van der Waals surface area contributed by atoms with E-state index in [9.17, 15) is 9.90 Å². The second-order valence-electron chi connectivity index (χ2n) is 6.01. The molecule has 1 saturated heterocycles. The highest BCUT2D eigenvalue weighted by Crippen LogP contribution is 2.33. The summed E-state index contributed by atoms with van der Waals surface area (Å²) in [5.41, 5.74) is 3.38. The van der Waals surface area contributed by atoms with E-state index in [2.05, 4.69) is 12.2 Å². The summed E-state index contributed by atoms with van der Waals surface area (Å²) in [4.78, 5) is 11.7. The minimum absolute atomic E-state index is 0. The Morgan fingerprint density at radius 1 is 1.17 bits per heavy atom. The van der Waals surface area contributed by atoms with Gasteiger partial charge < -0.3 is 10.4 Å². The van der Waals surface area contributed by atoms with Gasteiger partial charge >= 0.3 is 5.97 Å². The first-order valence-corrected chi connectivity index (χ1v) is 7.80. The average Bonchev–Trinajstić information content (AvgIpc) is 3.09. The third-order valence-corrected chi connectivity index (χ3v) is 4.69. The van der Waals surface area contributed by atoms with Crippen LogP contribution >= 0.6 is 12.4 Å². The molecule has 2 aromatic carbocycles. The van der Waals surface area contributed by atoms with E-state index in [-0.39, 0.29) is 18.3 Å². The third-order valence-electron chi connectivity index (χ3n) is 4.69. The molecule has 0 spiro atoms. The Morgan fingerprint density at radius 3 is 2.52 bits per heavy atom. The molecular formula is C19H22ClNO2. The van der Waals surface area contributed by atoms with Gasteiger partial charge in [-0.2, -0.15) is 0 Å². The predicted octanol–water partition coefficient (Wildman–Crippen LogP) is 4.19. The Morgan fingerprint density at radius 2 is 1.91 bits per heavy atom. The van der Waals surface area contributed by atoms with Gasteiger partial charge in [-0.3, -0.25) is 0 Å². The summed E-state index contributed by atoms with van der Waals surface area (Å²) in [5, 5.41) is 13.0. The van der Waals surface area contributed by atoms with E-state index in [0.717, 1.165) is 36.2 Å². The number of benzene rings is 2. The van der Waals surface area contributed by atoms with Crippen molar-refractivity contribution >= 4 is 18.4 Å². The molecule has 0 radical (unpaired) electrons. The first-order valence-electron chi connectivity index (χ1n) is 7.80. The predicted molar refractivity (Wildman–Crippen MR) is 95.5 cm³/mol. The molecule has 122 valence electrons. The summed E-state index contributed by atoms with van der Waals surface area (Å²) >= 11 is 0. The summed E-state index contributed by atoms with van der Waals surface area (Å²) in [6.45, 7) is 4.14. The Hall–Kier alpha value is -1.84. The van der Waals surface area contributed by atoms with E-state index in [1.54, 1.807) is 0 Å². The molecule has 4 heteroatoms. The number of carboxylic acids is 1. The van der Waals surface area contributed by atoms with Crippen LogP contribution in [0.15, 0.2) is 48.5 Å². The van der Waals surface area contributed by atoms with Crippen LogP contribution in [0.2, 0.25) is 0 Å². The summed E-state index contributed by atoms with van der Waals surface area (Å²) in [6.07, 6.45) is 1.11. The first-order chi connectivity index (χ1) is 10.7. The van der Waals surface area contributed by atoms with E-state index in [1.807, 2.05) is 48.5 Å². The smallest absolute Gasteiger partial charge is 0.335 e. The molecule has 0 saturated carbocycles. The molecule has 3 rings (SSSR count). The molecule has 23 heavy (non-hydrogen) atoms. The van der Waals surface area contributed by atoms with Gasteiger partial charge in [0, 0.05) is 0 Å². The van der Waals surface area contributed by atoms with Crippen LogP contribution in [0.1, 0.15) is 35.2 Å². The van der Waals surface area contributed by atoms with Crippen LogP contribution in [0.4, 0.5) is 0 Å². The first kappa shape index (κ1) is 17.5. The van der Waals surface area contributed by atoms with Gasteiger partial charge in [0.05, 0.1) is 5.56 Å². The van der Waals surface area contributed by atoms with Crippen molar-refractivity contribution in [3.05, 3.63) is 59.7 Å². The molecule has 1 aliphatic rings. The van der Waals surface area contributed by atoms with Gasteiger partial charge in [-0.1, -0.05) is 49.4 Å². The number of aromatic carboxylic acids is 1. The molecule has 2 atom stereocenters. The van der Waals surface area contributed by atoms with E-state index in [1.165, 1.54) is 0 Å². The largest absolute Gasteiger partial charge is 0.478 e. The molecule has 0 amide bonds. The number of carboxylic acid groups (broad SMARTS) is 1. The Bertz CT molecular complexity index is 666. The number of nitrogens with one attached hydrogen (secondary N) is 1. The van der Waals surface area contributed by atoms with Crippen molar-refractivity contribution < 1.29 is 9.90 Å². The van der Waals surface area contributed by atoms with Crippen molar-refractivity contribution in [2.24, 2.45) is 5.92 Å². The molecule has 0 aliphatic carbocycles. The fraction of sp³-hybridized carbons (Fsp3) is 0.316. The molecule has 2 N–H and O–H groups in total. The summed E-state index contributed by atoms with van der Waals surface area (Å²) in [6, 6.07) is 15.8. The normalized spacial score (nSPS) is 18.2. The Balaban J connectivity index is 0.00000192. The molecular weight excluding hydrogens is 310 g/mol. The van der Waals surface area contributed by atoms with E-state index in [0.29, 0.717) is 11.5 Å². The zero-order valence-electron chi connectivity index (χ0n) is 13.2. The molecule has 1 heterocycles. The van der Waals surface area contributed by atoms with Crippen LogP contribution in [0.25, 0.3) is 11.1 Å². The van der Waals surface area contributed by atoms with Crippen LogP contribution in [-0.4, -0.2) is 24.2 Å². The van der Waals surface area contributed by atoms with Gasteiger partial charge in [0.25, 0.3) is 0 Å². The average molecular weight is 332 g/mol. The Kier molecular flexibility index (Phi) is 5.80. The molecule has 0 aromatic heterocycles. The van der Waals surface area contributed by atoms with Crippen molar-refractivity contribution in [1.29, 1.82) is 0 Å². The molecule has 0 bridgehead atoms. The quantitative estimate of drug-likeness (QED) is 0.883. The van der Waals surface area contributed by atoms with Crippen molar-refractivity contribution in [3.8, 4) is 11.1 Å². The number of halogens is 1. The highest BCUT2D eigenvalue weighted by molar-refractivity contribution is 5.91. The van der Waals surface area contributed by atoms with Crippen LogP contribution in [0, 0.1) is 5.92 Å². The maximum Gasteiger partial charge on any atom is 0.335 e. The van der Waals surface area contributed by atoms with Gasteiger partial charge in [0.15, 0.2) is 0 Å². The second-order valence-corrected chi connectivity index (χ2v) is 6.01. The maximum absolute atomic E-state index is 11.7. The lowest BCUT2D eigenvalue weighted by atomic mass is 9.83. The van der Waals surface area contributed by atoms with Gasteiger partial charge in [0.1, 0.15) is 0 Å². The number of rotatable bonds is 4. The van der Waals surface area contributed by atoms with Crippen molar-refractivity contribution in [3.63, 3.8) is 0 Å². The highest BCUT2D eigenvalue weighted by Gasteiger charge is 2.26. The zero-order valence-corrected chi connectivity index (χ0v) is 14.0. The van der Waals surface area contributed by atoms with E-state index in [4.69, 9.17) is 0 Å². The van der Waals surface area contributed by atoms with Gasteiger partial charge in [0.2, 0.25) is 0 Å². The number of hydrogen-bond donors (Lipinski definition) is 2. The molecule has 3 nitrogen and oxygen atoms in total. The Labute approximate surface area is 143 Å². The van der Waals surface area contributed by atoms with Crippen LogP contribution in [-0.2, 0) is 0 Å². The molecule has 1 aliphatic heterocycles. The van der Waals surface area contributed by atoms with Crippen molar-refractivity contribution in [2.75, 3.05) is 13.1 Å². The monoisotopic (exact) mass is 331 g/mol. The van der Waals surface area contributed by atoms with E-state index < -0.39 is 5.97 Å². The van der Waals surface area contributed by atoms with Crippen LogP contribution < -0.4 is 5.32 Å². The molecule has 1 fully saturated rings. The number of hydrogen-bond acceptors (Lipinski definition) is 2. The standard InChI is InChI=1S/C19H21NO2.ClH/c1-13(16-9-10-20-12-16)17-8-7-15(11-18(17)19(21)22)14-5-3-2-4-6-14;/h2-8,11,13,16,20H,9-10,12H2,1H3,(H,21,22);1H. The lowest BCUT2D eigenvalue weighted by molar-refractivity contribution is 0.0695. The minimum Gasteiger partial charge on any atom is -0.478 e. The van der Waals surface area contributed by atoms with Crippen molar-refractivity contribution in [1.82, 2.24) is 5.32 Å². The summed E-state index contributed by atoms with van der Waals surface area (Å²) in [7, 11) is 0. The second kappa shape index (κ2) is 7.62. The zero-order chi connectivity index (χ0) is 15.5. The summed E-state index contributed by atoms with van der Waals surface area (Å²) < 4.78 is 0. The topological polar surface area (TPSA) is 49.3 Å². The molecule has 2 aromatic rings. The summed E-state index contributed by atoms with van der Waals surface area (Å²) in [5.74, 6) is -0.0721.